The summed E-state index contributed by atoms with van der Waals surface area (Å²) in [6, 6.07) is 4.22. The summed E-state index contributed by atoms with van der Waals surface area (Å²) >= 11 is 1.42. The van der Waals surface area contributed by atoms with Gasteiger partial charge >= 0.3 is 0 Å². The fourth-order valence-corrected chi connectivity index (χ4v) is 3.83. The molecule has 1 atom stereocenters. The van der Waals surface area contributed by atoms with Gasteiger partial charge in [-0.15, -0.1) is 0 Å². The minimum absolute atomic E-state index is 0.143. The van der Waals surface area contributed by atoms with Crippen LogP contribution < -0.4 is 0 Å². The first-order chi connectivity index (χ1) is 10.9. The molecule has 0 heterocycles. The number of hydrogen-bond donors (Lipinski definition) is 1. The quantitative estimate of drug-likeness (QED) is 0.658. The van der Waals surface area contributed by atoms with Crippen molar-refractivity contribution in [2.75, 3.05) is 0 Å². The second kappa shape index (κ2) is 7.95. The van der Waals surface area contributed by atoms with E-state index in [2.05, 4.69) is 60.6 Å². The van der Waals surface area contributed by atoms with Crippen molar-refractivity contribution >= 4 is 16.9 Å². The van der Waals surface area contributed by atoms with E-state index < -0.39 is 0 Å². The number of carbonyl (C=O) groups excluding carboxylic acids is 1. The Hall–Kier alpha value is -0.960. The van der Waals surface area contributed by atoms with Crippen molar-refractivity contribution in [3.8, 4) is 5.75 Å². The summed E-state index contributed by atoms with van der Waals surface area (Å²) in [5.41, 5.74) is 2.81. The second-order valence-corrected chi connectivity index (χ2v) is 10.1. The Morgan fingerprint density at radius 2 is 1.54 bits per heavy atom. The molecular weight excluding hydrogens is 316 g/mol. The molecular formula is C21H34O2S. The number of phenols is 1. The van der Waals surface area contributed by atoms with E-state index in [4.69, 9.17) is 0 Å². The van der Waals surface area contributed by atoms with Gasteiger partial charge in [-0.1, -0.05) is 85.2 Å². The topological polar surface area (TPSA) is 37.3 Å². The van der Waals surface area contributed by atoms with Crippen molar-refractivity contribution < 1.29 is 9.90 Å². The number of aromatic hydroxyl groups is 1. The van der Waals surface area contributed by atoms with Gasteiger partial charge < -0.3 is 5.11 Å². The molecule has 3 heteroatoms. The van der Waals surface area contributed by atoms with Gasteiger partial charge in [-0.3, -0.25) is 4.79 Å². The molecule has 1 aromatic rings. The predicted octanol–water partition coefficient (Wildman–Crippen LogP) is 6.50. The van der Waals surface area contributed by atoms with Gasteiger partial charge in [0, 0.05) is 12.2 Å². The molecule has 1 aromatic carbocycles. The van der Waals surface area contributed by atoms with Gasteiger partial charge in [0.2, 0.25) is 0 Å². The normalized spacial score (nSPS) is 13.8. The number of benzene rings is 1. The minimum atomic E-state index is -0.143. The first-order valence-corrected chi connectivity index (χ1v) is 9.81. The van der Waals surface area contributed by atoms with Gasteiger partial charge in [0.1, 0.15) is 5.75 Å². The molecule has 2 nitrogen and oxygen atoms in total. The van der Waals surface area contributed by atoms with Gasteiger partial charge in [0.05, 0.1) is 0 Å². The van der Waals surface area contributed by atoms with E-state index in [1.807, 2.05) is 0 Å². The molecule has 0 radical (unpaired) electrons. The molecule has 1 unspecified atom stereocenters. The van der Waals surface area contributed by atoms with E-state index in [1.165, 1.54) is 11.8 Å². The van der Waals surface area contributed by atoms with Crippen LogP contribution in [0, 0.1) is 0 Å². The Labute approximate surface area is 152 Å². The van der Waals surface area contributed by atoms with Crippen LogP contribution in [0.5, 0.6) is 5.75 Å². The fourth-order valence-electron chi connectivity index (χ4n) is 2.87. The first kappa shape index (κ1) is 21.1. The summed E-state index contributed by atoms with van der Waals surface area (Å²) in [4.78, 5) is 11.7. The third-order valence-electron chi connectivity index (χ3n) is 4.25. The molecule has 24 heavy (non-hydrogen) atoms. The molecule has 0 fully saturated rings. The second-order valence-electron chi connectivity index (χ2n) is 8.70. The van der Waals surface area contributed by atoms with Crippen LogP contribution in [0.1, 0.15) is 96.6 Å². The van der Waals surface area contributed by atoms with Gasteiger partial charge in [0.15, 0.2) is 5.12 Å². The van der Waals surface area contributed by atoms with Crippen molar-refractivity contribution in [1.82, 2.24) is 0 Å². The zero-order chi connectivity index (χ0) is 18.7. The highest BCUT2D eigenvalue weighted by Crippen LogP contribution is 2.44. The van der Waals surface area contributed by atoms with Crippen LogP contribution in [0.3, 0.4) is 0 Å². The number of carbonyl (C=O) groups is 1. The fraction of sp³-hybridized carbons (Fsp3) is 0.667. The predicted molar refractivity (Wildman–Crippen MR) is 106 cm³/mol. The van der Waals surface area contributed by atoms with Crippen molar-refractivity contribution in [1.29, 1.82) is 0 Å². The Bertz CT molecular complexity index is 541. The molecule has 0 aliphatic rings. The molecule has 0 amide bonds. The van der Waals surface area contributed by atoms with Crippen LogP contribution >= 0.6 is 11.8 Å². The molecule has 1 rings (SSSR count). The lowest BCUT2D eigenvalue weighted by atomic mass is 9.78. The maximum Gasteiger partial charge on any atom is 0.186 e. The molecule has 1 N–H and O–H groups in total. The molecule has 0 saturated carbocycles. The van der Waals surface area contributed by atoms with Crippen molar-refractivity contribution in [2.45, 2.75) is 90.7 Å². The lowest BCUT2D eigenvalue weighted by Gasteiger charge is -2.29. The Balaban J connectivity index is 3.52. The van der Waals surface area contributed by atoms with E-state index in [9.17, 15) is 9.90 Å². The Morgan fingerprint density at radius 3 is 1.88 bits per heavy atom. The Morgan fingerprint density at radius 1 is 1.08 bits per heavy atom. The smallest absolute Gasteiger partial charge is 0.186 e. The number of unbranched alkanes of at least 4 members (excludes halogenated alkanes) is 1. The number of thioether (sulfide) groups is 1. The summed E-state index contributed by atoms with van der Waals surface area (Å²) in [6.45, 7) is 16.5. The van der Waals surface area contributed by atoms with Crippen molar-refractivity contribution in [3.05, 3.63) is 28.8 Å². The zero-order valence-corrected chi connectivity index (χ0v) is 17.4. The zero-order valence-electron chi connectivity index (χ0n) is 16.6. The number of hydrogen-bond acceptors (Lipinski definition) is 3. The average molecular weight is 351 g/mol. The maximum atomic E-state index is 11.7. The SMILES string of the molecule is CCCCC(SC(C)=O)c1cc(C(C)(C)C)c(O)c(C(C)(C)C)c1. The minimum Gasteiger partial charge on any atom is -0.507 e. The Kier molecular flexibility index (Phi) is 6.98. The van der Waals surface area contributed by atoms with E-state index in [-0.39, 0.29) is 21.2 Å². The monoisotopic (exact) mass is 350 g/mol. The highest BCUT2D eigenvalue weighted by atomic mass is 32.2. The highest BCUT2D eigenvalue weighted by molar-refractivity contribution is 8.13. The van der Waals surface area contributed by atoms with Crippen LogP contribution in [0.25, 0.3) is 0 Å². The molecule has 0 spiro atoms. The molecule has 0 saturated heterocycles. The first-order valence-electron chi connectivity index (χ1n) is 8.93. The maximum absolute atomic E-state index is 11.7. The van der Waals surface area contributed by atoms with Gasteiger partial charge in [-0.25, -0.2) is 0 Å². The van der Waals surface area contributed by atoms with Crippen LogP contribution in [-0.2, 0) is 15.6 Å². The number of phenolic OH excluding ortho intramolecular Hbond substituents is 1. The van der Waals surface area contributed by atoms with Gasteiger partial charge in [-0.05, 0) is 33.9 Å². The third-order valence-corrected chi connectivity index (χ3v) is 5.37. The van der Waals surface area contributed by atoms with E-state index >= 15 is 0 Å². The average Bonchev–Trinajstić information content (AvgIpc) is 2.40. The van der Waals surface area contributed by atoms with Crippen molar-refractivity contribution in [2.24, 2.45) is 0 Å². The summed E-state index contributed by atoms with van der Waals surface area (Å²) < 4.78 is 0. The lowest BCUT2D eigenvalue weighted by Crippen LogP contribution is -2.18. The standard InChI is InChI=1S/C21H34O2S/c1-9-10-11-18(24-14(2)22)15-12-16(20(3,4)5)19(23)17(13-15)21(6,7)8/h12-13,18,23H,9-11H2,1-8H3. The van der Waals surface area contributed by atoms with Crippen LogP contribution in [0.15, 0.2) is 12.1 Å². The molecule has 136 valence electrons. The van der Waals surface area contributed by atoms with Crippen molar-refractivity contribution in [3.63, 3.8) is 0 Å². The summed E-state index contributed by atoms with van der Waals surface area (Å²) in [5, 5.41) is 11.2. The van der Waals surface area contributed by atoms with E-state index in [0.717, 1.165) is 36.0 Å². The van der Waals surface area contributed by atoms with Gasteiger partial charge in [-0.2, -0.15) is 0 Å². The summed E-state index contributed by atoms with van der Waals surface area (Å²) in [6.07, 6.45) is 3.20. The summed E-state index contributed by atoms with van der Waals surface area (Å²) in [7, 11) is 0. The lowest BCUT2D eigenvalue weighted by molar-refractivity contribution is -0.109. The molecule has 0 aliphatic heterocycles. The number of rotatable bonds is 5. The largest absolute Gasteiger partial charge is 0.507 e. The van der Waals surface area contributed by atoms with E-state index in [0.29, 0.717) is 5.75 Å². The van der Waals surface area contributed by atoms with Crippen LogP contribution in [0.4, 0.5) is 0 Å². The molecule has 0 bridgehead atoms. The van der Waals surface area contributed by atoms with Crippen LogP contribution in [0.2, 0.25) is 0 Å². The van der Waals surface area contributed by atoms with E-state index in [1.54, 1.807) is 6.92 Å². The molecule has 0 aliphatic carbocycles. The third kappa shape index (κ3) is 5.54. The van der Waals surface area contributed by atoms with Gasteiger partial charge in [0.25, 0.3) is 0 Å². The summed E-state index contributed by atoms with van der Waals surface area (Å²) in [5.74, 6) is 0.404. The highest BCUT2D eigenvalue weighted by Gasteiger charge is 2.28. The van der Waals surface area contributed by atoms with Crippen LogP contribution in [-0.4, -0.2) is 10.2 Å². The molecule has 0 aromatic heterocycles.